The molecule has 0 bridgehead atoms. The van der Waals surface area contributed by atoms with Crippen LogP contribution in [0.15, 0.2) is 48.5 Å². The van der Waals surface area contributed by atoms with Crippen molar-refractivity contribution in [2.75, 3.05) is 14.1 Å². The summed E-state index contributed by atoms with van der Waals surface area (Å²) in [6.07, 6.45) is 6.03. The average molecular weight is 460 g/mol. The van der Waals surface area contributed by atoms with Gasteiger partial charge in [0.1, 0.15) is 5.82 Å². The number of aliphatic carboxylic acids is 1. The van der Waals surface area contributed by atoms with Crippen LogP contribution in [0.4, 0.5) is 4.39 Å². The largest absolute Gasteiger partial charge is 0.481 e. The normalized spacial score (nSPS) is 21.8. The second kappa shape index (κ2) is 10.8. The molecule has 1 fully saturated rings. The summed E-state index contributed by atoms with van der Waals surface area (Å²) >= 11 is 6.11. The molecule has 1 aliphatic carbocycles. The summed E-state index contributed by atoms with van der Waals surface area (Å²) in [7, 11) is 4.08. The Morgan fingerprint density at radius 3 is 2.34 bits per heavy atom. The molecule has 1 saturated carbocycles. The molecule has 0 spiro atoms. The number of halogens is 2. The van der Waals surface area contributed by atoms with Crippen molar-refractivity contribution < 1.29 is 14.3 Å². The summed E-state index contributed by atoms with van der Waals surface area (Å²) < 4.78 is 13.9. The van der Waals surface area contributed by atoms with Crippen molar-refractivity contribution in [3.8, 4) is 0 Å². The molecule has 0 heterocycles. The molecule has 2 aromatic rings. The molecule has 2 aromatic carbocycles. The van der Waals surface area contributed by atoms with Gasteiger partial charge in [0.25, 0.3) is 0 Å². The molecular weight excluding hydrogens is 425 g/mol. The molecule has 0 aromatic heterocycles. The van der Waals surface area contributed by atoms with E-state index in [-0.39, 0.29) is 17.8 Å². The molecular formula is C27H35ClFNO2. The maximum Gasteiger partial charge on any atom is 0.314 e. The summed E-state index contributed by atoms with van der Waals surface area (Å²) in [6.45, 7) is 2.10. The molecule has 0 aliphatic heterocycles. The van der Waals surface area contributed by atoms with Gasteiger partial charge in [0.2, 0.25) is 0 Å². The van der Waals surface area contributed by atoms with Gasteiger partial charge in [-0.25, -0.2) is 4.39 Å². The highest BCUT2D eigenvalue weighted by Crippen LogP contribution is 2.49. The summed E-state index contributed by atoms with van der Waals surface area (Å²) in [5, 5.41) is 11.1. The summed E-state index contributed by atoms with van der Waals surface area (Å²) in [5.74, 6) is -0.508. The highest BCUT2D eigenvalue weighted by Gasteiger charge is 2.48. The van der Waals surface area contributed by atoms with Gasteiger partial charge in [-0.15, -0.1) is 0 Å². The zero-order valence-electron chi connectivity index (χ0n) is 19.4. The number of hydrogen-bond acceptors (Lipinski definition) is 2. The second-order valence-corrected chi connectivity index (χ2v) is 9.90. The summed E-state index contributed by atoms with van der Waals surface area (Å²) in [6, 6.07) is 14.4. The standard InChI is InChI=1S/C27H35ClFNO2/c1-4-5-17-27(26(31)32,22-13-15-23(28)16-14-22)21-11-9-19(10-12-21)25(30(2)3)20-7-6-8-24(29)18-20/h6-8,13-16,18-19,21,25H,4-5,9-12,17H2,1-3H3,(H,31,32). The zero-order valence-corrected chi connectivity index (χ0v) is 20.1. The number of carboxylic acids is 1. The van der Waals surface area contributed by atoms with Gasteiger partial charge < -0.3 is 10.0 Å². The maximum absolute atomic E-state index is 13.9. The lowest BCUT2D eigenvalue weighted by atomic mass is 9.60. The fourth-order valence-electron chi connectivity index (χ4n) is 5.80. The lowest BCUT2D eigenvalue weighted by Gasteiger charge is -2.44. The maximum atomic E-state index is 13.9. The van der Waals surface area contributed by atoms with Gasteiger partial charge in [-0.05, 0) is 93.4 Å². The second-order valence-electron chi connectivity index (χ2n) is 9.46. The topological polar surface area (TPSA) is 40.5 Å². The predicted octanol–water partition coefficient (Wildman–Crippen LogP) is 7.10. The fourth-order valence-corrected chi connectivity index (χ4v) is 5.93. The van der Waals surface area contributed by atoms with Crippen molar-refractivity contribution in [3.05, 3.63) is 70.5 Å². The summed E-state index contributed by atoms with van der Waals surface area (Å²) in [5.41, 5.74) is 0.963. The Labute approximate surface area is 196 Å². The molecule has 1 aliphatic rings. The minimum atomic E-state index is -0.891. The van der Waals surface area contributed by atoms with Crippen LogP contribution >= 0.6 is 11.6 Å². The number of nitrogens with zero attached hydrogens (tertiary/aromatic N) is 1. The van der Waals surface area contributed by atoms with Crippen LogP contribution in [0.3, 0.4) is 0 Å². The first-order valence-corrected chi connectivity index (χ1v) is 12.1. The minimum absolute atomic E-state index is 0.0688. The van der Waals surface area contributed by atoms with Crippen LogP contribution in [0.1, 0.15) is 69.0 Å². The Kier molecular flexibility index (Phi) is 8.35. The Bertz CT molecular complexity index is 893. The first-order valence-electron chi connectivity index (χ1n) is 11.7. The van der Waals surface area contributed by atoms with Gasteiger partial charge in [0, 0.05) is 11.1 Å². The van der Waals surface area contributed by atoms with E-state index in [0.29, 0.717) is 17.4 Å². The lowest BCUT2D eigenvalue weighted by molar-refractivity contribution is -0.147. The van der Waals surface area contributed by atoms with E-state index in [4.69, 9.17) is 11.6 Å². The van der Waals surface area contributed by atoms with Crippen LogP contribution in [-0.4, -0.2) is 30.1 Å². The smallest absolute Gasteiger partial charge is 0.314 e. The van der Waals surface area contributed by atoms with Crippen molar-refractivity contribution in [3.63, 3.8) is 0 Å². The third kappa shape index (κ3) is 5.18. The van der Waals surface area contributed by atoms with Crippen LogP contribution in [0.25, 0.3) is 0 Å². The van der Waals surface area contributed by atoms with E-state index >= 15 is 0 Å². The third-order valence-electron chi connectivity index (χ3n) is 7.33. The Hall–Kier alpha value is -1.91. The van der Waals surface area contributed by atoms with E-state index in [9.17, 15) is 14.3 Å². The highest BCUT2D eigenvalue weighted by molar-refractivity contribution is 6.30. The lowest BCUT2D eigenvalue weighted by Crippen LogP contribution is -2.45. The monoisotopic (exact) mass is 459 g/mol. The van der Waals surface area contributed by atoms with Gasteiger partial charge >= 0.3 is 5.97 Å². The molecule has 174 valence electrons. The van der Waals surface area contributed by atoms with E-state index in [0.717, 1.165) is 49.7 Å². The molecule has 2 atom stereocenters. The molecule has 0 saturated heterocycles. The van der Waals surface area contributed by atoms with E-state index in [1.54, 1.807) is 24.3 Å². The average Bonchev–Trinajstić information content (AvgIpc) is 2.76. The molecule has 0 radical (unpaired) electrons. The van der Waals surface area contributed by atoms with E-state index < -0.39 is 11.4 Å². The van der Waals surface area contributed by atoms with Crippen LogP contribution in [0.2, 0.25) is 5.02 Å². The molecule has 3 rings (SSSR count). The number of carboxylic acid groups (broad SMARTS) is 1. The third-order valence-corrected chi connectivity index (χ3v) is 7.58. The Morgan fingerprint density at radius 1 is 1.16 bits per heavy atom. The number of hydrogen-bond donors (Lipinski definition) is 1. The van der Waals surface area contributed by atoms with Crippen LogP contribution < -0.4 is 0 Å². The van der Waals surface area contributed by atoms with Gasteiger partial charge in [-0.2, -0.15) is 0 Å². The van der Waals surface area contributed by atoms with Crippen molar-refractivity contribution in [2.24, 2.45) is 11.8 Å². The molecule has 32 heavy (non-hydrogen) atoms. The Balaban J connectivity index is 1.87. The van der Waals surface area contributed by atoms with Gasteiger partial charge in [-0.1, -0.05) is 55.6 Å². The van der Waals surface area contributed by atoms with Gasteiger partial charge in [0.05, 0.1) is 5.41 Å². The SMILES string of the molecule is CCCCC(C(=O)O)(c1ccc(Cl)cc1)C1CCC(C(c2cccc(F)c2)N(C)C)CC1. The number of carbonyl (C=O) groups is 1. The van der Waals surface area contributed by atoms with Crippen LogP contribution in [0.5, 0.6) is 0 Å². The quantitative estimate of drug-likeness (QED) is 0.434. The fraction of sp³-hybridized carbons (Fsp3) is 0.519. The number of benzene rings is 2. The molecule has 2 unspecified atom stereocenters. The van der Waals surface area contributed by atoms with E-state index in [1.807, 2.05) is 32.3 Å². The number of unbranched alkanes of at least 4 members (excludes halogenated alkanes) is 1. The zero-order chi connectivity index (χ0) is 23.3. The highest BCUT2D eigenvalue weighted by atomic mass is 35.5. The number of rotatable bonds is 9. The predicted molar refractivity (Wildman–Crippen MR) is 129 cm³/mol. The Morgan fingerprint density at radius 2 is 1.81 bits per heavy atom. The van der Waals surface area contributed by atoms with E-state index in [1.165, 1.54) is 6.07 Å². The van der Waals surface area contributed by atoms with Crippen molar-refractivity contribution >= 4 is 17.6 Å². The molecule has 5 heteroatoms. The molecule has 1 N–H and O–H groups in total. The summed E-state index contributed by atoms with van der Waals surface area (Å²) in [4.78, 5) is 15.0. The van der Waals surface area contributed by atoms with Crippen molar-refractivity contribution in [1.82, 2.24) is 4.90 Å². The van der Waals surface area contributed by atoms with Gasteiger partial charge in [-0.3, -0.25) is 4.79 Å². The first kappa shape index (κ1) is 24.7. The van der Waals surface area contributed by atoms with Crippen molar-refractivity contribution in [1.29, 1.82) is 0 Å². The van der Waals surface area contributed by atoms with E-state index in [2.05, 4.69) is 11.8 Å². The molecule has 0 amide bonds. The molecule has 3 nitrogen and oxygen atoms in total. The minimum Gasteiger partial charge on any atom is -0.481 e. The van der Waals surface area contributed by atoms with Crippen molar-refractivity contribution in [2.45, 2.75) is 63.3 Å². The van der Waals surface area contributed by atoms with Crippen LogP contribution in [-0.2, 0) is 10.2 Å². The van der Waals surface area contributed by atoms with Crippen LogP contribution in [0, 0.1) is 17.7 Å². The first-order chi connectivity index (χ1) is 15.3. The van der Waals surface area contributed by atoms with Gasteiger partial charge in [0.15, 0.2) is 0 Å².